The van der Waals surface area contributed by atoms with Crippen molar-refractivity contribution in [1.29, 1.82) is 0 Å². The van der Waals surface area contributed by atoms with Crippen LogP contribution in [-0.2, 0) is 0 Å². The Morgan fingerprint density at radius 1 is 1.25 bits per heavy atom. The minimum atomic E-state index is 0.248. The molecule has 2 N–H and O–H groups in total. The molecule has 0 radical (unpaired) electrons. The maximum Gasteiger partial charge on any atom is 0.0587 e. The highest BCUT2D eigenvalue weighted by Crippen LogP contribution is 2.44. The van der Waals surface area contributed by atoms with Crippen molar-refractivity contribution in [2.75, 3.05) is 6.61 Å². The van der Waals surface area contributed by atoms with Crippen molar-refractivity contribution in [1.82, 2.24) is 5.32 Å². The summed E-state index contributed by atoms with van der Waals surface area (Å²) < 4.78 is 0. The maximum atomic E-state index is 9.34. The van der Waals surface area contributed by atoms with Crippen molar-refractivity contribution >= 4 is 0 Å². The molecule has 0 aromatic heterocycles. The number of aliphatic hydroxyl groups excluding tert-OH is 1. The number of hydrogen-bond donors (Lipinski definition) is 2. The van der Waals surface area contributed by atoms with E-state index in [2.05, 4.69) is 38.2 Å². The summed E-state index contributed by atoms with van der Waals surface area (Å²) in [6, 6.07) is 0.776. The molecule has 2 bridgehead atoms. The van der Waals surface area contributed by atoms with Crippen LogP contribution in [0.3, 0.4) is 0 Å². The summed E-state index contributed by atoms with van der Waals surface area (Å²) in [6.07, 6.45) is 7.49. The van der Waals surface area contributed by atoms with Gasteiger partial charge in [0, 0.05) is 12.1 Å². The van der Waals surface area contributed by atoms with Crippen LogP contribution >= 0.6 is 0 Å². The molecule has 2 rings (SSSR count). The van der Waals surface area contributed by atoms with Gasteiger partial charge in [0.1, 0.15) is 0 Å². The molecule has 5 atom stereocenters. The van der Waals surface area contributed by atoms with Crippen LogP contribution in [0, 0.1) is 23.7 Å². The van der Waals surface area contributed by atoms with E-state index in [0.717, 1.165) is 17.8 Å². The molecule has 16 heavy (non-hydrogen) atoms. The molecule has 92 valence electrons. The van der Waals surface area contributed by atoms with Crippen molar-refractivity contribution in [3.8, 4) is 0 Å². The van der Waals surface area contributed by atoms with E-state index in [1.807, 2.05) is 0 Å². The van der Waals surface area contributed by atoms with Gasteiger partial charge in [0.15, 0.2) is 0 Å². The highest BCUT2D eigenvalue weighted by molar-refractivity contribution is 5.11. The van der Waals surface area contributed by atoms with Crippen LogP contribution in [-0.4, -0.2) is 23.8 Å². The molecule has 1 saturated carbocycles. The molecule has 0 aliphatic heterocycles. The first-order valence-corrected chi connectivity index (χ1v) is 6.67. The third-order valence-electron chi connectivity index (χ3n) is 4.45. The average molecular weight is 223 g/mol. The van der Waals surface area contributed by atoms with Crippen molar-refractivity contribution in [2.24, 2.45) is 23.7 Å². The van der Waals surface area contributed by atoms with Crippen molar-refractivity contribution in [3.05, 3.63) is 12.2 Å². The Balaban J connectivity index is 1.88. The molecular formula is C14H25NO. The highest BCUT2D eigenvalue weighted by Gasteiger charge is 2.38. The number of aliphatic hydroxyl groups is 1. The summed E-state index contributed by atoms with van der Waals surface area (Å²) in [5.41, 5.74) is 0. The molecular weight excluding hydrogens is 198 g/mol. The van der Waals surface area contributed by atoms with E-state index in [0.29, 0.717) is 12.0 Å². The first kappa shape index (κ1) is 12.1. The van der Waals surface area contributed by atoms with E-state index >= 15 is 0 Å². The quantitative estimate of drug-likeness (QED) is 0.700. The molecule has 1 fully saturated rings. The Kier molecular flexibility index (Phi) is 3.70. The van der Waals surface area contributed by atoms with Gasteiger partial charge in [-0.1, -0.05) is 26.0 Å². The van der Waals surface area contributed by atoms with Gasteiger partial charge in [0.2, 0.25) is 0 Å². The van der Waals surface area contributed by atoms with Crippen molar-refractivity contribution in [2.45, 2.75) is 45.7 Å². The van der Waals surface area contributed by atoms with Gasteiger partial charge in [0.25, 0.3) is 0 Å². The largest absolute Gasteiger partial charge is 0.395 e. The Bertz CT molecular complexity index is 261. The summed E-state index contributed by atoms with van der Waals surface area (Å²) in [6.45, 7) is 6.87. The number of rotatable bonds is 5. The van der Waals surface area contributed by atoms with E-state index in [-0.39, 0.29) is 12.6 Å². The highest BCUT2D eigenvalue weighted by atomic mass is 16.3. The molecule has 0 saturated heterocycles. The van der Waals surface area contributed by atoms with E-state index in [1.165, 1.54) is 12.8 Å². The first-order chi connectivity index (χ1) is 7.61. The summed E-state index contributed by atoms with van der Waals surface area (Å²) in [5.74, 6) is 2.91. The zero-order valence-electron chi connectivity index (χ0n) is 10.7. The lowest BCUT2D eigenvalue weighted by atomic mass is 9.86. The van der Waals surface area contributed by atoms with Gasteiger partial charge >= 0.3 is 0 Å². The van der Waals surface area contributed by atoms with Crippen LogP contribution < -0.4 is 5.32 Å². The van der Waals surface area contributed by atoms with Crippen LogP contribution in [0.15, 0.2) is 12.2 Å². The first-order valence-electron chi connectivity index (χ1n) is 6.67. The molecule has 2 aliphatic carbocycles. The Morgan fingerprint density at radius 2 is 2.00 bits per heavy atom. The fraction of sp³-hybridized carbons (Fsp3) is 0.857. The monoisotopic (exact) mass is 223 g/mol. The Morgan fingerprint density at radius 3 is 2.44 bits per heavy atom. The predicted octanol–water partition coefficient (Wildman–Crippen LogP) is 2.19. The van der Waals surface area contributed by atoms with Crippen LogP contribution in [0.4, 0.5) is 0 Å². The summed E-state index contributed by atoms with van der Waals surface area (Å²) in [5, 5.41) is 13.0. The number of hydrogen-bond acceptors (Lipinski definition) is 2. The molecule has 2 nitrogen and oxygen atoms in total. The molecule has 0 spiro atoms. The standard InChI is InChI=1S/C14H25NO/c1-9(2)14(8-16)15-10(3)13-7-11-4-5-12(13)6-11/h4-5,9-16H,6-8H2,1-3H3/t10?,11?,12?,13?,14-/m1/s1. The zero-order valence-corrected chi connectivity index (χ0v) is 10.7. The molecule has 4 unspecified atom stereocenters. The number of allylic oxidation sites excluding steroid dienone is 2. The lowest BCUT2D eigenvalue weighted by Gasteiger charge is -2.31. The third-order valence-corrected chi connectivity index (χ3v) is 4.45. The zero-order chi connectivity index (χ0) is 11.7. The van der Waals surface area contributed by atoms with Crippen LogP contribution in [0.2, 0.25) is 0 Å². The van der Waals surface area contributed by atoms with Gasteiger partial charge in [-0.25, -0.2) is 0 Å². The Hall–Kier alpha value is -0.340. The van der Waals surface area contributed by atoms with Gasteiger partial charge in [-0.3, -0.25) is 0 Å². The molecule has 0 heterocycles. The van der Waals surface area contributed by atoms with E-state index in [4.69, 9.17) is 0 Å². The normalized spacial score (nSPS) is 35.9. The minimum Gasteiger partial charge on any atom is -0.395 e. The molecule has 2 aliphatic rings. The summed E-state index contributed by atoms with van der Waals surface area (Å²) in [7, 11) is 0. The van der Waals surface area contributed by atoms with Gasteiger partial charge in [-0.2, -0.15) is 0 Å². The molecule has 2 heteroatoms. The molecule has 0 aromatic rings. The van der Waals surface area contributed by atoms with E-state index in [1.54, 1.807) is 0 Å². The lowest BCUT2D eigenvalue weighted by molar-refractivity contribution is 0.182. The van der Waals surface area contributed by atoms with Gasteiger partial charge in [-0.05, 0) is 43.4 Å². The van der Waals surface area contributed by atoms with Crippen LogP contribution in [0.5, 0.6) is 0 Å². The SMILES string of the molecule is CC(N[C@H](CO)C(C)C)C1CC2C=CC1C2. The van der Waals surface area contributed by atoms with Crippen molar-refractivity contribution in [3.63, 3.8) is 0 Å². The van der Waals surface area contributed by atoms with Crippen LogP contribution in [0.1, 0.15) is 33.6 Å². The minimum absolute atomic E-state index is 0.248. The lowest BCUT2D eigenvalue weighted by Crippen LogP contribution is -2.46. The topological polar surface area (TPSA) is 32.3 Å². The smallest absolute Gasteiger partial charge is 0.0587 e. The predicted molar refractivity (Wildman–Crippen MR) is 67.2 cm³/mol. The van der Waals surface area contributed by atoms with Gasteiger partial charge in [0.05, 0.1) is 6.61 Å². The fourth-order valence-corrected chi connectivity index (χ4v) is 3.32. The van der Waals surface area contributed by atoms with E-state index < -0.39 is 0 Å². The fourth-order valence-electron chi connectivity index (χ4n) is 3.32. The number of fused-ring (bicyclic) bond motifs is 2. The third kappa shape index (κ3) is 2.33. The second-order valence-electron chi connectivity index (χ2n) is 5.93. The average Bonchev–Trinajstić information content (AvgIpc) is 2.86. The Labute approximate surface area is 99.1 Å². The van der Waals surface area contributed by atoms with Gasteiger partial charge in [-0.15, -0.1) is 0 Å². The van der Waals surface area contributed by atoms with E-state index in [9.17, 15) is 5.11 Å². The summed E-state index contributed by atoms with van der Waals surface area (Å²) in [4.78, 5) is 0. The molecule has 0 aromatic carbocycles. The second-order valence-corrected chi connectivity index (χ2v) is 5.93. The van der Waals surface area contributed by atoms with Crippen molar-refractivity contribution < 1.29 is 5.11 Å². The summed E-state index contributed by atoms with van der Waals surface area (Å²) >= 11 is 0. The molecule has 0 amide bonds. The number of nitrogens with one attached hydrogen (secondary N) is 1. The van der Waals surface area contributed by atoms with Crippen LogP contribution in [0.25, 0.3) is 0 Å². The maximum absolute atomic E-state index is 9.34. The second kappa shape index (κ2) is 4.89. The van der Waals surface area contributed by atoms with Gasteiger partial charge < -0.3 is 10.4 Å².